The molecule has 1 aromatic rings. The number of ketones is 1. The van der Waals surface area contributed by atoms with Crippen LogP contribution in [0.5, 0.6) is 0 Å². The summed E-state index contributed by atoms with van der Waals surface area (Å²) in [6.45, 7) is 4.29. The molecule has 1 N–H and O–H groups in total. The molecule has 1 heterocycles. The number of aromatic nitrogens is 1. The molecule has 1 aliphatic carbocycles. The number of carbonyl (C=O) groups is 1. The van der Waals surface area contributed by atoms with Gasteiger partial charge in [-0.05, 0) is 37.3 Å². The van der Waals surface area contributed by atoms with E-state index in [9.17, 15) is 4.79 Å². The minimum Gasteiger partial charge on any atom is -0.359 e. The summed E-state index contributed by atoms with van der Waals surface area (Å²) in [5.74, 6) is 1.38. The number of hydrogen-bond donors (Lipinski definition) is 1. The molecule has 0 bridgehead atoms. The summed E-state index contributed by atoms with van der Waals surface area (Å²) in [5.41, 5.74) is 1.94. The van der Waals surface area contributed by atoms with E-state index in [-0.39, 0.29) is 5.92 Å². The SMILES string of the molecule is Cc1c[nH]c(C(=O)C2CCC(C)CC2)c1. The lowest BCUT2D eigenvalue weighted by Gasteiger charge is -2.24. The number of rotatable bonds is 2. The lowest BCUT2D eigenvalue weighted by atomic mass is 9.80. The Morgan fingerprint density at radius 1 is 1.33 bits per heavy atom. The van der Waals surface area contributed by atoms with Crippen LogP contribution in [-0.2, 0) is 0 Å². The van der Waals surface area contributed by atoms with Gasteiger partial charge in [-0.3, -0.25) is 4.79 Å². The third-order valence-corrected chi connectivity index (χ3v) is 3.48. The second-order valence-corrected chi connectivity index (χ2v) is 4.91. The quantitative estimate of drug-likeness (QED) is 0.738. The monoisotopic (exact) mass is 205 g/mol. The average Bonchev–Trinajstić information content (AvgIpc) is 2.65. The smallest absolute Gasteiger partial charge is 0.182 e. The number of H-pyrrole nitrogens is 1. The van der Waals surface area contributed by atoms with Crippen molar-refractivity contribution in [1.29, 1.82) is 0 Å². The summed E-state index contributed by atoms with van der Waals surface area (Å²) in [6.07, 6.45) is 6.45. The van der Waals surface area contributed by atoms with Crippen LogP contribution < -0.4 is 0 Å². The third-order valence-electron chi connectivity index (χ3n) is 3.48. The Morgan fingerprint density at radius 2 is 2.00 bits per heavy atom. The van der Waals surface area contributed by atoms with E-state index >= 15 is 0 Å². The molecule has 1 fully saturated rings. The molecular formula is C13H19NO. The Bertz CT molecular complexity index is 345. The summed E-state index contributed by atoms with van der Waals surface area (Å²) in [5, 5.41) is 0. The fourth-order valence-corrected chi connectivity index (χ4v) is 2.39. The number of hydrogen-bond acceptors (Lipinski definition) is 1. The largest absolute Gasteiger partial charge is 0.359 e. The molecule has 2 nitrogen and oxygen atoms in total. The zero-order valence-electron chi connectivity index (χ0n) is 9.55. The van der Waals surface area contributed by atoms with Gasteiger partial charge in [0.05, 0.1) is 5.69 Å². The summed E-state index contributed by atoms with van der Waals surface area (Å²) in [6, 6.07) is 1.96. The first kappa shape index (κ1) is 10.5. The van der Waals surface area contributed by atoms with Crippen LogP contribution in [0.15, 0.2) is 12.3 Å². The van der Waals surface area contributed by atoms with E-state index in [1.54, 1.807) is 0 Å². The summed E-state index contributed by atoms with van der Waals surface area (Å²) in [7, 11) is 0. The second kappa shape index (κ2) is 4.21. The predicted molar refractivity (Wildman–Crippen MR) is 61.0 cm³/mol. The predicted octanol–water partition coefficient (Wildman–Crippen LogP) is 3.33. The minimum atomic E-state index is 0.263. The van der Waals surface area contributed by atoms with Crippen molar-refractivity contribution < 1.29 is 4.79 Å². The van der Waals surface area contributed by atoms with E-state index in [0.29, 0.717) is 5.78 Å². The number of Topliss-reactive ketones (excluding diaryl/α,β-unsaturated/α-hetero) is 1. The van der Waals surface area contributed by atoms with Crippen molar-refractivity contribution in [1.82, 2.24) is 4.98 Å². The molecule has 0 radical (unpaired) electrons. The van der Waals surface area contributed by atoms with Crippen LogP contribution in [0, 0.1) is 18.8 Å². The Labute approximate surface area is 91.1 Å². The van der Waals surface area contributed by atoms with Gasteiger partial charge in [-0.1, -0.05) is 19.8 Å². The molecule has 15 heavy (non-hydrogen) atoms. The van der Waals surface area contributed by atoms with Crippen LogP contribution in [0.25, 0.3) is 0 Å². The molecule has 1 saturated carbocycles. The molecule has 0 unspecified atom stereocenters. The van der Waals surface area contributed by atoms with Crippen molar-refractivity contribution in [3.63, 3.8) is 0 Å². The Balaban J connectivity index is 2.02. The molecule has 0 aliphatic heterocycles. The molecular weight excluding hydrogens is 186 g/mol. The zero-order chi connectivity index (χ0) is 10.8. The van der Waals surface area contributed by atoms with Gasteiger partial charge < -0.3 is 4.98 Å². The van der Waals surface area contributed by atoms with Gasteiger partial charge in [0.2, 0.25) is 0 Å². The molecule has 2 heteroatoms. The van der Waals surface area contributed by atoms with Crippen LogP contribution >= 0.6 is 0 Å². The standard InChI is InChI=1S/C13H19NO/c1-9-3-5-11(6-4-9)13(15)12-7-10(2)8-14-12/h7-9,11,14H,3-6H2,1-2H3. The van der Waals surface area contributed by atoms with Gasteiger partial charge in [0.15, 0.2) is 5.78 Å². The van der Waals surface area contributed by atoms with Gasteiger partial charge in [0, 0.05) is 12.1 Å². The Hall–Kier alpha value is -1.05. The summed E-state index contributed by atoms with van der Waals surface area (Å²) in [4.78, 5) is 15.2. The van der Waals surface area contributed by atoms with Crippen LogP contribution in [0.2, 0.25) is 0 Å². The minimum absolute atomic E-state index is 0.263. The highest BCUT2D eigenvalue weighted by Crippen LogP contribution is 2.30. The average molecular weight is 205 g/mol. The van der Waals surface area contributed by atoms with Crippen LogP contribution in [0.1, 0.15) is 48.7 Å². The topological polar surface area (TPSA) is 32.9 Å². The Morgan fingerprint density at radius 3 is 2.53 bits per heavy atom. The fourth-order valence-electron chi connectivity index (χ4n) is 2.39. The number of nitrogens with one attached hydrogen (secondary N) is 1. The highest BCUT2D eigenvalue weighted by atomic mass is 16.1. The van der Waals surface area contributed by atoms with Crippen LogP contribution in [0.3, 0.4) is 0 Å². The van der Waals surface area contributed by atoms with Gasteiger partial charge in [-0.15, -0.1) is 0 Å². The number of carbonyl (C=O) groups excluding carboxylic acids is 1. The van der Waals surface area contributed by atoms with Crippen molar-refractivity contribution in [2.24, 2.45) is 11.8 Å². The molecule has 0 spiro atoms. The highest BCUT2D eigenvalue weighted by molar-refractivity contribution is 5.96. The van der Waals surface area contributed by atoms with Crippen molar-refractivity contribution in [2.45, 2.75) is 39.5 Å². The highest BCUT2D eigenvalue weighted by Gasteiger charge is 2.25. The maximum absolute atomic E-state index is 12.1. The lowest BCUT2D eigenvalue weighted by molar-refractivity contribution is 0.0871. The van der Waals surface area contributed by atoms with E-state index in [1.807, 2.05) is 19.2 Å². The molecule has 0 aromatic carbocycles. The van der Waals surface area contributed by atoms with Gasteiger partial charge in [-0.25, -0.2) is 0 Å². The normalized spacial score (nSPS) is 26.5. The van der Waals surface area contributed by atoms with Gasteiger partial charge in [0.1, 0.15) is 0 Å². The molecule has 0 atom stereocenters. The fraction of sp³-hybridized carbons (Fsp3) is 0.615. The summed E-state index contributed by atoms with van der Waals surface area (Å²) >= 11 is 0. The van der Waals surface area contributed by atoms with Gasteiger partial charge in [0.25, 0.3) is 0 Å². The first-order valence-corrected chi connectivity index (χ1v) is 5.86. The molecule has 1 aromatic heterocycles. The summed E-state index contributed by atoms with van der Waals surface area (Å²) < 4.78 is 0. The molecule has 0 saturated heterocycles. The Kier molecular flexibility index (Phi) is 2.94. The van der Waals surface area contributed by atoms with Crippen molar-refractivity contribution in [2.75, 3.05) is 0 Å². The maximum atomic E-state index is 12.1. The lowest BCUT2D eigenvalue weighted by Crippen LogP contribution is -2.21. The van der Waals surface area contributed by atoms with E-state index in [2.05, 4.69) is 11.9 Å². The van der Waals surface area contributed by atoms with Gasteiger partial charge >= 0.3 is 0 Å². The van der Waals surface area contributed by atoms with Crippen molar-refractivity contribution >= 4 is 5.78 Å². The molecule has 82 valence electrons. The maximum Gasteiger partial charge on any atom is 0.182 e. The van der Waals surface area contributed by atoms with E-state index in [0.717, 1.165) is 30.0 Å². The van der Waals surface area contributed by atoms with E-state index < -0.39 is 0 Å². The first-order valence-electron chi connectivity index (χ1n) is 5.86. The zero-order valence-corrected chi connectivity index (χ0v) is 9.55. The number of aromatic amines is 1. The first-order chi connectivity index (χ1) is 7.16. The van der Waals surface area contributed by atoms with Gasteiger partial charge in [-0.2, -0.15) is 0 Å². The molecule has 0 amide bonds. The number of aryl methyl sites for hydroxylation is 1. The van der Waals surface area contributed by atoms with Crippen LogP contribution in [0.4, 0.5) is 0 Å². The van der Waals surface area contributed by atoms with E-state index in [4.69, 9.17) is 0 Å². The molecule has 2 rings (SSSR count). The second-order valence-electron chi connectivity index (χ2n) is 4.91. The van der Waals surface area contributed by atoms with Crippen LogP contribution in [-0.4, -0.2) is 10.8 Å². The van der Waals surface area contributed by atoms with Crippen molar-refractivity contribution in [3.8, 4) is 0 Å². The third kappa shape index (κ3) is 2.31. The van der Waals surface area contributed by atoms with Crippen molar-refractivity contribution in [3.05, 3.63) is 23.5 Å². The molecule has 1 aliphatic rings. The van der Waals surface area contributed by atoms with E-state index in [1.165, 1.54) is 12.8 Å².